The molecule has 5 nitrogen and oxygen atoms in total. The Hall–Kier alpha value is -2.01. The molecule has 0 atom stereocenters. The Kier molecular flexibility index (Phi) is 5.01. The molecule has 6 heteroatoms. The lowest BCUT2D eigenvalue weighted by atomic mass is 10.3. The number of benzene rings is 1. The quantitative estimate of drug-likeness (QED) is 0.850. The third-order valence-corrected chi connectivity index (χ3v) is 2.95. The third-order valence-electron chi connectivity index (χ3n) is 2.62. The van der Waals surface area contributed by atoms with Gasteiger partial charge in [0.05, 0.1) is 17.8 Å². The minimum absolute atomic E-state index is 0.593. The SMILES string of the molecule is CCCNc1nccc(Nc2cc(OC)ccc2Cl)n1. The number of rotatable bonds is 6. The van der Waals surface area contributed by atoms with E-state index in [2.05, 4.69) is 27.5 Å². The molecule has 1 aromatic heterocycles. The molecular formula is C14H17ClN4O. The summed E-state index contributed by atoms with van der Waals surface area (Å²) in [5.41, 5.74) is 0.742. The highest BCUT2D eigenvalue weighted by Crippen LogP contribution is 2.28. The molecule has 1 aromatic carbocycles. The Morgan fingerprint density at radius 1 is 1.30 bits per heavy atom. The standard InChI is InChI=1S/C14H17ClN4O/c1-3-7-16-14-17-8-6-13(19-14)18-12-9-10(20-2)4-5-11(12)15/h4-6,8-9H,3,7H2,1-2H3,(H2,16,17,18,19). The van der Waals surface area contributed by atoms with Gasteiger partial charge in [-0.25, -0.2) is 4.98 Å². The van der Waals surface area contributed by atoms with Gasteiger partial charge in [0, 0.05) is 18.8 Å². The summed E-state index contributed by atoms with van der Waals surface area (Å²) in [6, 6.07) is 7.19. The maximum Gasteiger partial charge on any atom is 0.224 e. The van der Waals surface area contributed by atoms with E-state index in [1.165, 1.54) is 0 Å². The van der Waals surface area contributed by atoms with Crippen molar-refractivity contribution >= 4 is 29.1 Å². The van der Waals surface area contributed by atoms with Gasteiger partial charge < -0.3 is 15.4 Å². The van der Waals surface area contributed by atoms with Gasteiger partial charge in [-0.05, 0) is 24.6 Å². The molecule has 0 saturated carbocycles. The molecule has 0 amide bonds. The fourth-order valence-corrected chi connectivity index (χ4v) is 1.78. The Labute approximate surface area is 123 Å². The van der Waals surface area contributed by atoms with Crippen LogP contribution in [0.3, 0.4) is 0 Å². The van der Waals surface area contributed by atoms with E-state index in [9.17, 15) is 0 Å². The summed E-state index contributed by atoms with van der Waals surface area (Å²) in [6.45, 7) is 2.93. The van der Waals surface area contributed by atoms with Crippen LogP contribution in [0.25, 0.3) is 0 Å². The van der Waals surface area contributed by atoms with Crippen LogP contribution in [0.1, 0.15) is 13.3 Å². The van der Waals surface area contributed by atoms with Gasteiger partial charge >= 0.3 is 0 Å². The van der Waals surface area contributed by atoms with Gasteiger partial charge in [-0.1, -0.05) is 18.5 Å². The van der Waals surface area contributed by atoms with Crippen molar-refractivity contribution in [3.05, 3.63) is 35.5 Å². The van der Waals surface area contributed by atoms with Crippen molar-refractivity contribution in [2.45, 2.75) is 13.3 Å². The lowest BCUT2D eigenvalue weighted by molar-refractivity contribution is 0.415. The summed E-state index contributed by atoms with van der Waals surface area (Å²) in [4.78, 5) is 8.52. The highest BCUT2D eigenvalue weighted by molar-refractivity contribution is 6.33. The van der Waals surface area contributed by atoms with Crippen LogP contribution in [0.2, 0.25) is 5.02 Å². The first-order valence-corrected chi connectivity index (χ1v) is 6.78. The van der Waals surface area contributed by atoms with Gasteiger partial charge in [0.2, 0.25) is 5.95 Å². The van der Waals surface area contributed by atoms with Crippen molar-refractivity contribution in [1.29, 1.82) is 0 Å². The molecule has 2 N–H and O–H groups in total. The topological polar surface area (TPSA) is 59.1 Å². The van der Waals surface area contributed by atoms with Crippen molar-refractivity contribution in [2.75, 3.05) is 24.3 Å². The van der Waals surface area contributed by atoms with E-state index in [1.54, 1.807) is 25.4 Å². The van der Waals surface area contributed by atoms with Crippen molar-refractivity contribution in [1.82, 2.24) is 9.97 Å². The van der Waals surface area contributed by atoms with E-state index < -0.39 is 0 Å². The van der Waals surface area contributed by atoms with Crippen LogP contribution < -0.4 is 15.4 Å². The number of hydrogen-bond acceptors (Lipinski definition) is 5. The fraction of sp³-hybridized carbons (Fsp3) is 0.286. The number of anilines is 3. The molecule has 20 heavy (non-hydrogen) atoms. The minimum atomic E-state index is 0.593. The molecule has 0 fully saturated rings. The first-order chi connectivity index (χ1) is 9.72. The number of nitrogens with zero attached hydrogens (tertiary/aromatic N) is 2. The van der Waals surface area contributed by atoms with Gasteiger partial charge in [-0.3, -0.25) is 0 Å². The molecule has 0 aliphatic heterocycles. The largest absolute Gasteiger partial charge is 0.497 e. The molecule has 0 aliphatic rings. The Bertz CT molecular complexity index is 577. The zero-order chi connectivity index (χ0) is 14.4. The lowest BCUT2D eigenvalue weighted by Crippen LogP contribution is -2.05. The van der Waals surface area contributed by atoms with Crippen LogP contribution in [-0.2, 0) is 0 Å². The summed E-state index contributed by atoms with van der Waals surface area (Å²) in [6.07, 6.45) is 2.71. The van der Waals surface area contributed by atoms with Crippen molar-refractivity contribution in [3.63, 3.8) is 0 Å². The Balaban J connectivity index is 2.17. The summed E-state index contributed by atoms with van der Waals surface area (Å²) in [7, 11) is 1.62. The molecule has 106 valence electrons. The highest BCUT2D eigenvalue weighted by Gasteiger charge is 2.05. The molecule has 1 heterocycles. The highest BCUT2D eigenvalue weighted by atomic mass is 35.5. The second-order valence-electron chi connectivity index (χ2n) is 4.16. The van der Waals surface area contributed by atoms with Gasteiger partial charge in [-0.2, -0.15) is 4.98 Å². The Morgan fingerprint density at radius 3 is 2.90 bits per heavy atom. The third kappa shape index (κ3) is 3.74. The zero-order valence-corrected chi connectivity index (χ0v) is 12.2. The molecule has 0 unspecified atom stereocenters. The Morgan fingerprint density at radius 2 is 2.15 bits per heavy atom. The summed E-state index contributed by atoms with van der Waals surface area (Å²) < 4.78 is 5.18. The minimum Gasteiger partial charge on any atom is -0.497 e. The van der Waals surface area contributed by atoms with Crippen LogP contribution in [0.4, 0.5) is 17.5 Å². The molecule has 0 spiro atoms. The van der Waals surface area contributed by atoms with Crippen molar-refractivity contribution < 1.29 is 4.74 Å². The van der Waals surface area contributed by atoms with Crippen LogP contribution in [-0.4, -0.2) is 23.6 Å². The van der Waals surface area contributed by atoms with Gasteiger partial charge in [0.15, 0.2) is 0 Å². The molecule has 0 saturated heterocycles. The summed E-state index contributed by atoms with van der Waals surface area (Å²) in [5, 5.41) is 6.90. The molecule has 0 aliphatic carbocycles. The van der Waals surface area contributed by atoms with E-state index >= 15 is 0 Å². The van der Waals surface area contributed by atoms with Gasteiger partial charge in [0.25, 0.3) is 0 Å². The van der Waals surface area contributed by atoms with Gasteiger partial charge in [0.1, 0.15) is 11.6 Å². The predicted molar refractivity (Wildman–Crippen MR) is 82.1 cm³/mol. The molecule has 0 bridgehead atoms. The first-order valence-electron chi connectivity index (χ1n) is 6.40. The second-order valence-corrected chi connectivity index (χ2v) is 4.57. The first kappa shape index (κ1) is 14.4. The van der Waals surface area contributed by atoms with Gasteiger partial charge in [-0.15, -0.1) is 0 Å². The summed E-state index contributed by atoms with van der Waals surface area (Å²) >= 11 is 6.15. The number of halogens is 1. The monoisotopic (exact) mass is 292 g/mol. The molecular weight excluding hydrogens is 276 g/mol. The maximum absolute atomic E-state index is 6.15. The van der Waals surface area contributed by atoms with Crippen LogP contribution >= 0.6 is 11.6 Å². The van der Waals surface area contributed by atoms with Crippen LogP contribution in [0, 0.1) is 0 Å². The van der Waals surface area contributed by atoms with Crippen molar-refractivity contribution in [3.8, 4) is 5.75 Å². The average Bonchev–Trinajstić information content (AvgIpc) is 2.48. The molecule has 2 rings (SSSR count). The lowest BCUT2D eigenvalue weighted by Gasteiger charge is -2.10. The molecule has 2 aromatic rings. The van der Waals surface area contributed by atoms with E-state index in [0.717, 1.165) is 24.4 Å². The van der Waals surface area contributed by atoms with E-state index in [-0.39, 0.29) is 0 Å². The summed E-state index contributed by atoms with van der Waals surface area (Å²) in [5.74, 6) is 2.00. The average molecular weight is 293 g/mol. The number of hydrogen-bond donors (Lipinski definition) is 2. The predicted octanol–water partition coefficient (Wildman–Crippen LogP) is 3.70. The zero-order valence-electron chi connectivity index (χ0n) is 11.5. The smallest absolute Gasteiger partial charge is 0.224 e. The maximum atomic E-state index is 6.15. The number of aromatic nitrogens is 2. The van der Waals surface area contributed by atoms with E-state index in [4.69, 9.17) is 16.3 Å². The second kappa shape index (κ2) is 6.96. The van der Waals surface area contributed by atoms with E-state index in [1.807, 2.05) is 12.1 Å². The fourth-order valence-electron chi connectivity index (χ4n) is 1.62. The van der Waals surface area contributed by atoms with Crippen LogP contribution in [0.15, 0.2) is 30.5 Å². The van der Waals surface area contributed by atoms with Crippen LogP contribution in [0.5, 0.6) is 5.75 Å². The number of ether oxygens (including phenoxy) is 1. The number of nitrogens with one attached hydrogen (secondary N) is 2. The normalized spacial score (nSPS) is 10.2. The molecule has 0 radical (unpaired) electrons. The van der Waals surface area contributed by atoms with Crippen molar-refractivity contribution in [2.24, 2.45) is 0 Å². The van der Waals surface area contributed by atoms with E-state index in [0.29, 0.717) is 16.8 Å². The number of methoxy groups -OCH3 is 1.